The maximum absolute atomic E-state index is 11.2. The second-order valence-electron chi connectivity index (χ2n) is 2.76. The second-order valence-corrected chi connectivity index (χ2v) is 2.76. The first-order valence-electron chi connectivity index (χ1n) is 4.64. The molecule has 1 aliphatic rings. The molecule has 1 rings (SSSR count). The minimum Gasteiger partial charge on any atom is -0.294 e. The molecule has 0 radical (unpaired) electrons. The van der Waals surface area contributed by atoms with Gasteiger partial charge in [-0.05, 0) is 6.08 Å². The molecule has 0 bridgehead atoms. The predicted molar refractivity (Wildman–Crippen MR) is 60.2 cm³/mol. The quantitative estimate of drug-likeness (QED) is 0.592. The summed E-state index contributed by atoms with van der Waals surface area (Å²) in [5.41, 5.74) is 0. The van der Waals surface area contributed by atoms with E-state index in [0.29, 0.717) is 6.42 Å². The first-order valence-corrected chi connectivity index (χ1v) is 4.64. The smallest absolute Gasteiger partial charge is 0.161 e. The van der Waals surface area contributed by atoms with Gasteiger partial charge in [-0.15, -0.1) is 0 Å². The van der Waals surface area contributed by atoms with Crippen molar-refractivity contribution in [3.8, 4) is 0 Å². The van der Waals surface area contributed by atoms with Crippen molar-refractivity contribution in [1.29, 1.82) is 0 Å². The van der Waals surface area contributed by atoms with Crippen LogP contribution >= 0.6 is 0 Å². The van der Waals surface area contributed by atoms with Crippen LogP contribution in [-0.2, 0) is 4.79 Å². The van der Waals surface area contributed by atoms with Gasteiger partial charge in [0.25, 0.3) is 0 Å². The van der Waals surface area contributed by atoms with Gasteiger partial charge in [0.15, 0.2) is 5.78 Å². The molecular weight excluding hydrogens is 188 g/mol. The molecule has 15 heavy (non-hydrogen) atoms. The summed E-state index contributed by atoms with van der Waals surface area (Å²) in [5, 5.41) is 7.38. The van der Waals surface area contributed by atoms with Crippen LogP contribution in [0, 0.1) is 0 Å². The van der Waals surface area contributed by atoms with E-state index in [-0.39, 0.29) is 5.78 Å². The molecule has 0 aromatic carbocycles. The van der Waals surface area contributed by atoms with Crippen molar-refractivity contribution in [2.24, 2.45) is 10.2 Å². The molecule has 3 heteroatoms. The molecule has 0 atom stereocenters. The van der Waals surface area contributed by atoms with Crippen molar-refractivity contribution in [2.45, 2.75) is 6.42 Å². The Morgan fingerprint density at radius 3 is 2.40 bits per heavy atom. The highest BCUT2D eigenvalue weighted by molar-refractivity contribution is 5.90. The lowest BCUT2D eigenvalue weighted by Gasteiger charge is -1.84. The maximum Gasteiger partial charge on any atom is 0.161 e. The van der Waals surface area contributed by atoms with E-state index < -0.39 is 0 Å². The molecule has 0 N–H and O–H groups in total. The third-order valence-corrected chi connectivity index (χ3v) is 1.56. The average Bonchev–Trinajstić information content (AvgIpc) is 2.24. The summed E-state index contributed by atoms with van der Waals surface area (Å²) in [7, 11) is 0. The molecule has 0 unspecified atom stereocenters. The Hall–Kier alpha value is -2.03. The summed E-state index contributed by atoms with van der Waals surface area (Å²) in [5.74, 6) is 0.00943. The normalized spacial score (nSPS) is 29.7. The van der Waals surface area contributed by atoms with Crippen LogP contribution in [-0.4, -0.2) is 5.78 Å². The second kappa shape index (κ2) is 7.38. The monoisotopic (exact) mass is 200 g/mol. The van der Waals surface area contributed by atoms with Crippen LogP contribution in [0.25, 0.3) is 0 Å². The summed E-state index contributed by atoms with van der Waals surface area (Å²) in [6.45, 7) is 0. The Bertz CT molecular complexity index is 371. The topological polar surface area (TPSA) is 41.8 Å². The van der Waals surface area contributed by atoms with E-state index in [2.05, 4.69) is 10.2 Å². The lowest BCUT2D eigenvalue weighted by Crippen LogP contribution is -1.87. The van der Waals surface area contributed by atoms with Crippen LogP contribution in [0.5, 0.6) is 0 Å². The first kappa shape index (κ1) is 11.0. The number of allylic oxidation sites excluding steroid dienone is 8. The van der Waals surface area contributed by atoms with Crippen molar-refractivity contribution in [3.05, 3.63) is 61.0 Å². The van der Waals surface area contributed by atoms with E-state index >= 15 is 0 Å². The Morgan fingerprint density at radius 2 is 1.53 bits per heavy atom. The lowest BCUT2D eigenvalue weighted by molar-refractivity contribution is -0.113. The summed E-state index contributed by atoms with van der Waals surface area (Å²) in [6, 6.07) is 0. The number of nitrogens with zero attached hydrogens (tertiary/aromatic N) is 2. The van der Waals surface area contributed by atoms with Gasteiger partial charge in [0, 0.05) is 18.7 Å². The van der Waals surface area contributed by atoms with Gasteiger partial charge in [-0.25, -0.2) is 0 Å². The summed E-state index contributed by atoms with van der Waals surface area (Å²) in [4.78, 5) is 11.2. The van der Waals surface area contributed by atoms with E-state index in [1.165, 1.54) is 12.3 Å². The van der Waals surface area contributed by atoms with Gasteiger partial charge < -0.3 is 0 Å². The molecular formula is C12H12N2O. The highest BCUT2D eigenvalue weighted by Crippen LogP contribution is 1.92. The van der Waals surface area contributed by atoms with E-state index in [4.69, 9.17) is 0 Å². The van der Waals surface area contributed by atoms with Gasteiger partial charge in [-0.2, -0.15) is 10.2 Å². The summed E-state index contributed by atoms with van der Waals surface area (Å²) < 4.78 is 0. The van der Waals surface area contributed by atoms with Crippen LogP contribution in [0.1, 0.15) is 6.42 Å². The Morgan fingerprint density at radius 1 is 0.867 bits per heavy atom. The van der Waals surface area contributed by atoms with Crippen LogP contribution < -0.4 is 0 Å². The molecule has 0 spiro atoms. The largest absolute Gasteiger partial charge is 0.294 e. The fraction of sp³-hybridized carbons (Fsp3) is 0.0833. The van der Waals surface area contributed by atoms with Crippen LogP contribution in [0.4, 0.5) is 0 Å². The molecule has 1 heterocycles. The molecule has 0 aliphatic carbocycles. The lowest BCUT2D eigenvalue weighted by atomic mass is 10.2. The molecule has 0 aromatic rings. The highest BCUT2D eigenvalue weighted by atomic mass is 16.1. The average molecular weight is 200 g/mol. The van der Waals surface area contributed by atoms with Crippen molar-refractivity contribution in [1.82, 2.24) is 0 Å². The van der Waals surface area contributed by atoms with E-state index in [1.807, 2.05) is 30.4 Å². The zero-order chi connectivity index (χ0) is 10.8. The molecule has 0 fully saturated rings. The van der Waals surface area contributed by atoms with Crippen molar-refractivity contribution < 1.29 is 4.79 Å². The Kier molecular flexibility index (Phi) is 5.44. The van der Waals surface area contributed by atoms with Gasteiger partial charge in [-0.3, -0.25) is 4.79 Å². The molecule has 0 aromatic heterocycles. The zero-order valence-corrected chi connectivity index (χ0v) is 8.28. The molecule has 0 saturated heterocycles. The molecule has 3 nitrogen and oxygen atoms in total. The Labute approximate surface area is 88.9 Å². The Balaban J connectivity index is 2.69. The maximum atomic E-state index is 11.2. The molecule has 76 valence electrons. The fourth-order valence-corrected chi connectivity index (χ4v) is 0.869. The van der Waals surface area contributed by atoms with E-state index in [1.54, 1.807) is 18.4 Å². The third kappa shape index (κ3) is 6.10. The van der Waals surface area contributed by atoms with E-state index in [0.717, 1.165) is 0 Å². The molecule has 0 amide bonds. The van der Waals surface area contributed by atoms with Gasteiger partial charge in [-0.1, -0.05) is 36.5 Å². The summed E-state index contributed by atoms with van der Waals surface area (Å²) >= 11 is 0. The fourth-order valence-electron chi connectivity index (χ4n) is 0.869. The van der Waals surface area contributed by atoms with Crippen molar-refractivity contribution in [3.63, 3.8) is 0 Å². The standard InChI is InChI=1S/C12H12N2O/c15-12-8-6-4-2-1-3-5-7-10-13-14-11-9-12/h1-7,9-11H,8H2/b2-1-,5-3-,6-4-,10-7-,11-9-,14-13+. The first-order chi connectivity index (χ1) is 7.39. The minimum atomic E-state index is 0.00943. The van der Waals surface area contributed by atoms with E-state index in [9.17, 15) is 4.79 Å². The minimum absolute atomic E-state index is 0.00943. The number of azo groups is 1. The summed E-state index contributed by atoms with van der Waals surface area (Å²) in [6.07, 6.45) is 17.6. The number of hydrogen-bond donors (Lipinski definition) is 0. The SMILES string of the molecule is O=C1\C=C/N=N/C=C\C=C/C=C\C=C/C1. The predicted octanol–water partition coefficient (Wildman–Crippen LogP) is 3.11. The molecule has 0 saturated carbocycles. The van der Waals surface area contributed by atoms with Crippen LogP contribution in [0.2, 0.25) is 0 Å². The zero-order valence-electron chi connectivity index (χ0n) is 8.28. The van der Waals surface area contributed by atoms with Crippen molar-refractivity contribution in [2.75, 3.05) is 0 Å². The van der Waals surface area contributed by atoms with Crippen LogP contribution in [0.15, 0.2) is 71.2 Å². The number of rotatable bonds is 0. The van der Waals surface area contributed by atoms with Crippen LogP contribution in [0.3, 0.4) is 0 Å². The molecule has 1 aliphatic heterocycles. The van der Waals surface area contributed by atoms with Gasteiger partial charge in [0.2, 0.25) is 0 Å². The van der Waals surface area contributed by atoms with Gasteiger partial charge >= 0.3 is 0 Å². The number of hydrogen-bond acceptors (Lipinski definition) is 3. The van der Waals surface area contributed by atoms with Gasteiger partial charge in [0.05, 0.1) is 6.20 Å². The highest BCUT2D eigenvalue weighted by Gasteiger charge is 1.89. The number of carbonyl (C=O) groups is 1. The van der Waals surface area contributed by atoms with Gasteiger partial charge in [0.1, 0.15) is 0 Å². The third-order valence-electron chi connectivity index (χ3n) is 1.56. The van der Waals surface area contributed by atoms with Crippen molar-refractivity contribution >= 4 is 5.78 Å². The number of carbonyl (C=O) groups excluding carboxylic acids is 1. The number of ketones is 1.